The Hall–Kier alpha value is -2.84. The van der Waals surface area contributed by atoms with Crippen molar-refractivity contribution in [1.82, 2.24) is 9.78 Å². The van der Waals surface area contributed by atoms with Crippen LogP contribution in [0.15, 0.2) is 54.9 Å². The molecule has 0 unspecified atom stereocenters. The van der Waals surface area contributed by atoms with E-state index in [0.717, 1.165) is 41.2 Å². The minimum Gasteiger partial charge on any atom is -0.465 e. The summed E-state index contributed by atoms with van der Waals surface area (Å²) < 4.78 is 31.9. The van der Waals surface area contributed by atoms with E-state index in [1.807, 2.05) is 6.07 Å². The first-order valence-electron chi connectivity index (χ1n) is 9.91. The van der Waals surface area contributed by atoms with E-state index < -0.39 is 16.9 Å². The van der Waals surface area contributed by atoms with Gasteiger partial charge >= 0.3 is 5.97 Å². The van der Waals surface area contributed by atoms with Gasteiger partial charge in [0.05, 0.1) is 42.1 Å². The lowest BCUT2D eigenvalue weighted by Crippen LogP contribution is -2.18. The molecule has 0 aliphatic heterocycles. The average Bonchev–Trinajstić information content (AvgIpc) is 3.24. The second kappa shape index (κ2) is 10.5. The number of carbonyl (C=O) groups is 1. The van der Waals surface area contributed by atoms with E-state index in [0.29, 0.717) is 10.7 Å². The molecule has 0 amide bonds. The van der Waals surface area contributed by atoms with Gasteiger partial charge in [0.2, 0.25) is 10.9 Å². The third kappa shape index (κ3) is 5.45. The normalized spacial score (nSPS) is 11.0. The monoisotopic (exact) mass is 461 g/mol. The fourth-order valence-electron chi connectivity index (χ4n) is 3.26. The molecule has 2 aromatic carbocycles. The second-order valence-electron chi connectivity index (χ2n) is 6.97. The Morgan fingerprint density at radius 1 is 1.16 bits per heavy atom. The number of anilines is 2. The van der Waals surface area contributed by atoms with Crippen LogP contribution in [0.5, 0.6) is 0 Å². The van der Waals surface area contributed by atoms with Crippen molar-refractivity contribution in [2.24, 2.45) is 0 Å². The molecule has 164 valence electrons. The van der Waals surface area contributed by atoms with E-state index in [1.165, 1.54) is 18.0 Å². The minimum atomic E-state index is -3.10. The summed E-state index contributed by atoms with van der Waals surface area (Å²) in [5, 5.41) is 4.84. The maximum atomic E-state index is 12.5. The average molecular weight is 462 g/mol. The highest BCUT2D eigenvalue weighted by Crippen LogP contribution is 2.31. The van der Waals surface area contributed by atoms with Gasteiger partial charge in [0, 0.05) is 5.02 Å². The number of hydrogen-bond donors (Lipinski definition) is 1. The molecule has 0 atom stereocenters. The molecule has 1 heterocycles. The summed E-state index contributed by atoms with van der Waals surface area (Å²) >= 11 is 5.93. The number of aryl methyl sites for hydroxylation is 1. The van der Waals surface area contributed by atoms with Gasteiger partial charge in [0.15, 0.2) is 0 Å². The van der Waals surface area contributed by atoms with Gasteiger partial charge in [0.25, 0.3) is 0 Å². The lowest BCUT2D eigenvalue weighted by atomic mass is 10.0. The molecular formula is C22H24ClN3O4S. The largest absolute Gasteiger partial charge is 0.465 e. The van der Waals surface area contributed by atoms with Gasteiger partial charge in [0.1, 0.15) is 0 Å². The number of ether oxygens (including phenoxy) is 1. The van der Waals surface area contributed by atoms with E-state index in [1.54, 1.807) is 42.6 Å². The zero-order valence-corrected chi connectivity index (χ0v) is 19.0. The van der Waals surface area contributed by atoms with Gasteiger partial charge < -0.3 is 4.74 Å². The van der Waals surface area contributed by atoms with Gasteiger partial charge in [-0.1, -0.05) is 37.4 Å². The fourth-order valence-corrected chi connectivity index (χ4v) is 4.02. The van der Waals surface area contributed by atoms with Crippen LogP contribution in [-0.4, -0.2) is 31.3 Å². The summed E-state index contributed by atoms with van der Waals surface area (Å²) in [4.78, 5) is 12.5. The molecule has 0 fully saturated rings. The van der Waals surface area contributed by atoms with E-state index in [9.17, 15) is 13.2 Å². The third-order valence-electron chi connectivity index (χ3n) is 4.83. The topological polar surface area (TPSA) is 81.5 Å². The summed E-state index contributed by atoms with van der Waals surface area (Å²) in [6, 6.07) is 12.2. The first kappa shape index (κ1) is 22.8. The van der Waals surface area contributed by atoms with Crippen LogP contribution < -0.4 is 4.31 Å². The first-order chi connectivity index (χ1) is 14.9. The molecule has 0 saturated heterocycles. The quantitative estimate of drug-likeness (QED) is 0.283. The number of rotatable bonds is 9. The highest BCUT2D eigenvalue weighted by molar-refractivity contribution is 7.74. The predicted molar refractivity (Wildman–Crippen MR) is 122 cm³/mol. The highest BCUT2D eigenvalue weighted by Gasteiger charge is 2.22. The number of esters is 1. The van der Waals surface area contributed by atoms with E-state index in [2.05, 4.69) is 12.0 Å². The Balaban J connectivity index is 2.01. The minimum absolute atomic E-state index is 0.190. The summed E-state index contributed by atoms with van der Waals surface area (Å²) in [7, 11) is -1.82. The van der Waals surface area contributed by atoms with Crippen molar-refractivity contribution in [3.63, 3.8) is 0 Å². The first-order valence-corrected chi connectivity index (χ1v) is 11.4. The van der Waals surface area contributed by atoms with Crippen LogP contribution in [0.3, 0.4) is 0 Å². The van der Waals surface area contributed by atoms with Crippen molar-refractivity contribution in [2.45, 2.75) is 32.6 Å². The van der Waals surface area contributed by atoms with Crippen LogP contribution in [0.1, 0.15) is 42.1 Å². The Morgan fingerprint density at radius 2 is 1.90 bits per heavy atom. The molecular weight excluding hydrogens is 438 g/mol. The maximum absolute atomic E-state index is 12.5. The zero-order valence-electron chi connectivity index (χ0n) is 17.3. The summed E-state index contributed by atoms with van der Waals surface area (Å²) in [6.45, 7) is 2.12. The number of carbonyl (C=O) groups excluding carboxylic acids is 1. The summed E-state index contributed by atoms with van der Waals surface area (Å²) in [5.41, 5.74) is 2.38. The molecule has 3 aromatic rings. The van der Waals surface area contributed by atoms with Gasteiger partial charge in [-0.05, 0) is 54.8 Å². The molecule has 1 aromatic heterocycles. The molecule has 3 rings (SSSR count). The molecule has 0 radical (unpaired) electrons. The molecule has 31 heavy (non-hydrogen) atoms. The number of hydrogen-bond acceptors (Lipinski definition) is 5. The van der Waals surface area contributed by atoms with Crippen molar-refractivity contribution in [1.29, 1.82) is 0 Å². The summed E-state index contributed by atoms with van der Waals surface area (Å²) in [6.07, 6.45) is 6.96. The third-order valence-corrected chi connectivity index (χ3v) is 5.86. The Labute approximate surface area is 188 Å². The fraction of sp³-hybridized carbons (Fsp3) is 0.273. The molecule has 0 aliphatic carbocycles. The van der Waals surface area contributed by atoms with Crippen molar-refractivity contribution < 1.29 is 17.9 Å². The smallest absolute Gasteiger partial charge is 0.340 e. The standard InChI is InChI=1S/C22H24ClN3O4S/c1-3-4-5-6-16-7-12-21(20(13-16)22(27)30-2)26(31(28)29)19-14-24-25(15-19)18-10-8-17(23)9-11-18/h7-15,31H,3-6H2,1-2H3. The number of nitrogens with zero attached hydrogens (tertiary/aromatic N) is 3. The van der Waals surface area contributed by atoms with Gasteiger partial charge in [-0.3, -0.25) is 0 Å². The van der Waals surface area contributed by atoms with Crippen LogP contribution in [-0.2, 0) is 22.0 Å². The maximum Gasteiger partial charge on any atom is 0.340 e. The summed E-state index contributed by atoms with van der Waals surface area (Å²) in [5.74, 6) is -0.598. The molecule has 0 spiro atoms. The van der Waals surface area contributed by atoms with E-state index in [4.69, 9.17) is 16.3 Å². The number of methoxy groups -OCH3 is 1. The lowest BCUT2D eigenvalue weighted by molar-refractivity contribution is 0.0601. The van der Waals surface area contributed by atoms with Crippen molar-refractivity contribution >= 4 is 39.8 Å². The SMILES string of the molecule is CCCCCc1ccc(N(c2cnn(-c3ccc(Cl)cc3)c2)[SH](=O)=O)c(C(=O)OC)c1. The van der Waals surface area contributed by atoms with Crippen LogP contribution in [0.4, 0.5) is 11.4 Å². The number of unbranched alkanes of at least 4 members (excludes halogenated alkanes) is 2. The van der Waals surface area contributed by atoms with Gasteiger partial charge in [-0.2, -0.15) is 5.10 Å². The lowest BCUT2D eigenvalue weighted by Gasteiger charge is -2.19. The number of benzene rings is 2. The Morgan fingerprint density at radius 3 is 2.55 bits per heavy atom. The number of thiol groups is 1. The molecule has 7 nitrogen and oxygen atoms in total. The van der Waals surface area contributed by atoms with Crippen LogP contribution in [0.25, 0.3) is 5.69 Å². The van der Waals surface area contributed by atoms with Crippen LogP contribution >= 0.6 is 11.6 Å². The predicted octanol–water partition coefficient (Wildman–Crippen LogP) is 4.71. The Kier molecular flexibility index (Phi) is 7.70. The van der Waals surface area contributed by atoms with E-state index >= 15 is 0 Å². The van der Waals surface area contributed by atoms with Crippen LogP contribution in [0.2, 0.25) is 5.02 Å². The molecule has 9 heteroatoms. The molecule has 0 aliphatic rings. The van der Waals surface area contributed by atoms with Crippen molar-refractivity contribution in [3.8, 4) is 5.69 Å². The Bertz CT molecular complexity index is 1120. The van der Waals surface area contributed by atoms with Gasteiger partial charge in [-0.25, -0.2) is 22.2 Å². The molecule has 0 saturated carbocycles. The number of halogens is 1. The van der Waals surface area contributed by atoms with Crippen molar-refractivity contribution in [2.75, 3.05) is 11.4 Å². The van der Waals surface area contributed by atoms with Crippen LogP contribution in [0, 0.1) is 0 Å². The highest BCUT2D eigenvalue weighted by atomic mass is 35.5. The molecule has 0 N–H and O–H groups in total. The zero-order chi connectivity index (χ0) is 22.4. The molecule has 0 bridgehead atoms. The van der Waals surface area contributed by atoms with Crippen molar-refractivity contribution in [3.05, 3.63) is 71.0 Å². The second-order valence-corrected chi connectivity index (χ2v) is 8.28. The number of aromatic nitrogens is 2. The van der Waals surface area contributed by atoms with E-state index in [-0.39, 0.29) is 11.3 Å². The van der Waals surface area contributed by atoms with Gasteiger partial charge in [-0.15, -0.1) is 0 Å².